The zero-order valence-corrected chi connectivity index (χ0v) is 14.3. The normalized spacial score (nSPS) is 15.7. The molecule has 1 aliphatic rings. The van der Waals surface area contributed by atoms with E-state index < -0.39 is 0 Å². The van der Waals surface area contributed by atoms with Crippen molar-refractivity contribution in [3.63, 3.8) is 0 Å². The Hall–Kier alpha value is -2.17. The first-order valence-corrected chi connectivity index (χ1v) is 7.86. The number of nitrogens with zero attached hydrogens (tertiary/aromatic N) is 1. The van der Waals surface area contributed by atoms with Crippen molar-refractivity contribution in [2.45, 2.75) is 19.8 Å². The molecule has 1 aromatic carbocycles. The number of rotatable bonds is 5. The van der Waals surface area contributed by atoms with Crippen LogP contribution in [0.15, 0.2) is 18.2 Å². The fraction of sp³-hybridized carbons (Fsp3) is 0.500. The second kappa shape index (κ2) is 7.90. The lowest BCUT2D eigenvalue weighted by Crippen LogP contribution is -2.36. The van der Waals surface area contributed by atoms with E-state index in [2.05, 4.69) is 6.92 Å². The molecule has 23 heavy (non-hydrogen) atoms. The van der Waals surface area contributed by atoms with Crippen molar-refractivity contribution >= 4 is 12.0 Å². The minimum Gasteiger partial charge on any atom is -0.493 e. The van der Waals surface area contributed by atoms with Crippen LogP contribution in [-0.2, 0) is 4.79 Å². The summed E-state index contributed by atoms with van der Waals surface area (Å²) in [6.07, 6.45) is 5.54. The molecule has 1 aliphatic heterocycles. The van der Waals surface area contributed by atoms with Crippen molar-refractivity contribution in [3.8, 4) is 17.2 Å². The molecule has 1 fully saturated rings. The molecule has 0 aromatic heterocycles. The van der Waals surface area contributed by atoms with E-state index in [0.717, 1.165) is 31.5 Å². The zero-order valence-electron chi connectivity index (χ0n) is 14.3. The van der Waals surface area contributed by atoms with Crippen molar-refractivity contribution in [1.82, 2.24) is 4.90 Å². The van der Waals surface area contributed by atoms with E-state index >= 15 is 0 Å². The molecule has 2 rings (SSSR count). The van der Waals surface area contributed by atoms with Gasteiger partial charge in [-0.15, -0.1) is 0 Å². The van der Waals surface area contributed by atoms with Crippen LogP contribution in [0.2, 0.25) is 0 Å². The lowest BCUT2D eigenvalue weighted by molar-refractivity contribution is -0.127. The van der Waals surface area contributed by atoms with Gasteiger partial charge in [0.25, 0.3) is 0 Å². The summed E-state index contributed by atoms with van der Waals surface area (Å²) < 4.78 is 15.9. The average molecular weight is 319 g/mol. The molecule has 5 heteroatoms. The van der Waals surface area contributed by atoms with E-state index in [0.29, 0.717) is 23.2 Å². The standard InChI is InChI=1S/C18H25NO4/c1-13-7-9-19(10-8-13)17(20)6-5-14-11-15(21-2)18(23-4)16(12-14)22-3/h5-6,11-13H,7-10H2,1-4H3/b6-5+. The third-order valence-electron chi connectivity index (χ3n) is 4.20. The highest BCUT2D eigenvalue weighted by Crippen LogP contribution is 2.38. The Balaban J connectivity index is 2.14. The Bertz CT molecular complexity index is 549. The highest BCUT2D eigenvalue weighted by Gasteiger charge is 2.18. The van der Waals surface area contributed by atoms with Crippen LogP contribution < -0.4 is 14.2 Å². The summed E-state index contributed by atoms with van der Waals surface area (Å²) >= 11 is 0. The number of carbonyl (C=O) groups is 1. The number of carbonyl (C=O) groups excluding carboxylic acids is 1. The number of hydrogen-bond acceptors (Lipinski definition) is 4. The maximum Gasteiger partial charge on any atom is 0.246 e. The molecule has 0 bridgehead atoms. The molecule has 5 nitrogen and oxygen atoms in total. The Labute approximate surface area is 137 Å². The van der Waals surface area contributed by atoms with E-state index in [1.54, 1.807) is 33.5 Å². The summed E-state index contributed by atoms with van der Waals surface area (Å²) in [6.45, 7) is 3.90. The largest absolute Gasteiger partial charge is 0.493 e. The number of methoxy groups -OCH3 is 3. The minimum atomic E-state index is 0.0469. The van der Waals surface area contributed by atoms with Crippen LogP contribution in [0.3, 0.4) is 0 Å². The fourth-order valence-corrected chi connectivity index (χ4v) is 2.70. The number of likely N-dealkylation sites (tertiary alicyclic amines) is 1. The Kier molecular flexibility index (Phi) is 5.90. The predicted molar refractivity (Wildman–Crippen MR) is 90.1 cm³/mol. The van der Waals surface area contributed by atoms with Gasteiger partial charge in [0.2, 0.25) is 11.7 Å². The highest BCUT2D eigenvalue weighted by molar-refractivity contribution is 5.92. The first kappa shape index (κ1) is 17.2. The SMILES string of the molecule is COc1cc(/C=C/C(=O)N2CCC(C)CC2)cc(OC)c1OC. The first-order valence-electron chi connectivity index (χ1n) is 7.86. The molecular formula is C18H25NO4. The number of amides is 1. The van der Waals surface area contributed by atoms with Crippen LogP contribution in [0, 0.1) is 5.92 Å². The average Bonchev–Trinajstić information content (AvgIpc) is 2.59. The summed E-state index contributed by atoms with van der Waals surface area (Å²) in [4.78, 5) is 14.2. The number of benzene rings is 1. The van der Waals surface area contributed by atoms with E-state index in [9.17, 15) is 4.79 Å². The number of hydrogen-bond donors (Lipinski definition) is 0. The molecule has 0 N–H and O–H groups in total. The van der Waals surface area contributed by atoms with Crippen LogP contribution in [0.5, 0.6) is 17.2 Å². The molecule has 0 aliphatic carbocycles. The van der Waals surface area contributed by atoms with Crippen LogP contribution in [0.25, 0.3) is 6.08 Å². The van der Waals surface area contributed by atoms with Crippen molar-refractivity contribution < 1.29 is 19.0 Å². The summed E-state index contributed by atoms with van der Waals surface area (Å²) in [5.74, 6) is 2.45. The Morgan fingerprint density at radius 3 is 2.13 bits per heavy atom. The molecule has 0 unspecified atom stereocenters. The fourth-order valence-electron chi connectivity index (χ4n) is 2.70. The van der Waals surface area contributed by atoms with Gasteiger partial charge in [-0.2, -0.15) is 0 Å². The second-order valence-electron chi connectivity index (χ2n) is 5.80. The van der Waals surface area contributed by atoms with E-state index in [-0.39, 0.29) is 5.91 Å². The minimum absolute atomic E-state index is 0.0469. The molecule has 0 saturated carbocycles. The third-order valence-corrected chi connectivity index (χ3v) is 4.20. The van der Waals surface area contributed by atoms with Crippen LogP contribution >= 0.6 is 0 Å². The third kappa shape index (κ3) is 4.18. The van der Waals surface area contributed by atoms with Gasteiger partial charge < -0.3 is 19.1 Å². The van der Waals surface area contributed by atoms with Crippen LogP contribution in [0.1, 0.15) is 25.3 Å². The quantitative estimate of drug-likeness (QED) is 0.783. The molecule has 0 atom stereocenters. The molecule has 0 spiro atoms. The molecule has 126 valence electrons. The van der Waals surface area contributed by atoms with E-state index in [1.165, 1.54) is 0 Å². The Morgan fingerprint density at radius 1 is 1.09 bits per heavy atom. The highest BCUT2D eigenvalue weighted by atomic mass is 16.5. The van der Waals surface area contributed by atoms with Gasteiger partial charge in [-0.1, -0.05) is 6.92 Å². The lowest BCUT2D eigenvalue weighted by atomic mass is 9.99. The maximum atomic E-state index is 12.3. The lowest BCUT2D eigenvalue weighted by Gasteiger charge is -2.29. The summed E-state index contributed by atoms with van der Waals surface area (Å²) in [6, 6.07) is 3.65. The molecule has 1 amide bonds. The summed E-state index contributed by atoms with van der Waals surface area (Å²) in [5.41, 5.74) is 0.832. The van der Waals surface area contributed by atoms with Gasteiger partial charge in [-0.3, -0.25) is 4.79 Å². The van der Waals surface area contributed by atoms with Gasteiger partial charge in [0.05, 0.1) is 21.3 Å². The van der Waals surface area contributed by atoms with E-state index in [1.807, 2.05) is 17.0 Å². The molecule has 1 saturated heterocycles. The van der Waals surface area contributed by atoms with Gasteiger partial charge >= 0.3 is 0 Å². The van der Waals surface area contributed by atoms with Crippen LogP contribution in [-0.4, -0.2) is 45.2 Å². The summed E-state index contributed by atoms with van der Waals surface area (Å²) in [7, 11) is 4.71. The van der Waals surface area contributed by atoms with Gasteiger partial charge in [0, 0.05) is 19.2 Å². The smallest absolute Gasteiger partial charge is 0.246 e. The Morgan fingerprint density at radius 2 is 1.65 bits per heavy atom. The number of ether oxygens (including phenoxy) is 3. The predicted octanol–water partition coefficient (Wildman–Crippen LogP) is 2.98. The molecular weight excluding hydrogens is 294 g/mol. The van der Waals surface area contributed by atoms with Crippen molar-refractivity contribution in [2.75, 3.05) is 34.4 Å². The van der Waals surface area contributed by atoms with Gasteiger partial charge in [-0.05, 0) is 42.5 Å². The summed E-state index contributed by atoms with van der Waals surface area (Å²) in [5, 5.41) is 0. The zero-order chi connectivity index (χ0) is 16.8. The monoisotopic (exact) mass is 319 g/mol. The van der Waals surface area contributed by atoms with Crippen molar-refractivity contribution in [3.05, 3.63) is 23.8 Å². The van der Waals surface area contributed by atoms with E-state index in [4.69, 9.17) is 14.2 Å². The molecule has 0 radical (unpaired) electrons. The van der Waals surface area contributed by atoms with Crippen molar-refractivity contribution in [1.29, 1.82) is 0 Å². The maximum absolute atomic E-state index is 12.3. The topological polar surface area (TPSA) is 48.0 Å². The van der Waals surface area contributed by atoms with Crippen molar-refractivity contribution in [2.24, 2.45) is 5.92 Å². The number of piperidine rings is 1. The van der Waals surface area contributed by atoms with Gasteiger partial charge in [0.15, 0.2) is 11.5 Å². The van der Waals surface area contributed by atoms with Gasteiger partial charge in [-0.25, -0.2) is 0 Å². The van der Waals surface area contributed by atoms with Gasteiger partial charge in [0.1, 0.15) is 0 Å². The second-order valence-corrected chi connectivity index (χ2v) is 5.80. The first-order chi connectivity index (χ1) is 11.1. The van der Waals surface area contributed by atoms with Crippen LogP contribution in [0.4, 0.5) is 0 Å². The molecule has 1 aromatic rings. The molecule has 1 heterocycles.